The SMILES string of the molecule is C=C(CC)N=C(C(C)N1CCNCC1)N(C)c1ccccc1OCC. The van der Waals surface area contributed by atoms with Crippen molar-refractivity contribution in [3.05, 3.63) is 36.5 Å². The normalized spacial score (nSPS) is 17.2. The van der Waals surface area contributed by atoms with E-state index in [1.807, 2.05) is 25.1 Å². The van der Waals surface area contributed by atoms with Crippen LogP contribution in [0.2, 0.25) is 0 Å². The monoisotopic (exact) mass is 344 g/mol. The Morgan fingerprint density at radius 3 is 2.64 bits per heavy atom. The van der Waals surface area contributed by atoms with Gasteiger partial charge in [0.25, 0.3) is 0 Å². The Morgan fingerprint density at radius 1 is 1.32 bits per heavy atom. The molecule has 0 radical (unpaired) electrons. The van der Waals surface area contributed by atoms with Crippen LogP contribution in [-0.2, 0) is 0 Å². The highest BCUT2D eigenvalue weighted by Gasteiger charge is 2.25. The summed E-state index contributed by atoms with van der Waals surface area (Å²) in [5.41, 5.74) is 1.94. The Bertz CT molecular complexity index is 593. The fraction of sp³-hybridized carbons (Fsp3) is 0.550. The first-order chi connectivity index (χ1) is 12.1. The van der Waals surface area contributed by atoms with Crippen molar-refractivity contribution in [1.82, 2.24) is 10.2 Å². The van der Waals surface area contributed by atoms with Crippen molar-refractivity contribution in [2.24, 2.45) is 4.99 Å². The summed E-state index contributed by atoms with van der Waals surface area (Å²) >= 11 is 0. The van der Waals surface area contributed by atoms with Gasteiger partial charge in [-0.25, -0.2) is 4.99 Å². The summed E-state index contributed by atoms with van der Waals surface area (Å²) in [5, 5.41) is 3.41. The van der Waals surface area contributed by atoms with Crippen LogP contribution in [0.4, 0.5) is 5.69 Å². The Labute approximate surface area is 152 Å². The van der Waals surface area contributed by atoms with Crippen molar-refractivity contribution in [3.63, 3.8) is 0 Å². The van der Waals surface area contributed by atoms with Crippen molar-refractivity contribution in [3.8, 4) is 5.75 Å². The van der Waals surface area contributed by atoms with Gasteiger partial charge in [-0.05, 0) is 32.4 Å². The third-order valence-corrected chi connectivity index (χ3v) is 4.62. The molecule has 5 nitrogen and oxygen atoms in total. The molecule has 0 amide bonds. The molecule has 0 saturated carbocycles. The van der Waals surface area contributed by atoms with Crippen LogP contribution in [0.3, 0.4) is 0 Å². The largest absolute Gasteiger partial charge is 0.492 e. The third kappa shape index (κ3) is 5.06. The third-order valence-electron chi connectivity index (χ3n) is 4.62. The van der Waals surface area contributed by atoms with Gasteiger partial charge in [0.05, 0.1) is 18.3 Å². The molecule has 1 fully saturated rings. The van der Waals surface area contributed by atoms with Gasteiger partial charge in [0.15, 0.2) is 0 Å². The molecule has 1 saturated heterocycles. The van der Waals surface area contributed by atoms with Gasteiger partial charge in [0.1, 0.15) is 11.6 Å². The number of nitrogens with zero attached hydrogens (tertiary/aromatic N) is 3. The van der Waals surface area contributed by atoms with Gasteiger partial charge >= 0.3 is 0 Å². The number of rotatable bonds is 7. The molecular weight excluding hydrogens is 312 g/mol. The van der Waals surface area contributed by atoms with E-state index in [9.17, 15) is 0 Å². The van der Waals surface area contributed by atoms with Crippen LogP contribution in [0.25, 0.3) is 0 Å². The van der Waals surface area contributed by atoms with Gasteiger partial charge in [0.2, 0.25) is 0 Å². The van der Waals surface area contributed by atoms with E-state index in [4.69, 9.17) is 9.73 Å². The van der Waals surface area contributed by atoms with E-state index >= 15 is 0 Å². The lowest BCUT2D eigenvalue weighted by Crippen LogP contribution is -2.53. The average Bonchev–Trinajstić information content (AvgIpc) is 2.66. The summed E-state index contributed by atoms with van der Waals surface area (Å²) in [6, 6.07) is 8.35. The van der Waals surface area contributed by atoms with Gasteiger partial charge in [-0.2, -0.15) is 0 Å². The Morgan fingerprint density at radius 2 is 2.00 bits per heavy atom. The number of anilines is 1. The molecule has 1 unspecified atom stereocenters. The fourth-order valence-electron chi connectivity index (χ4n) is 3.06. The lowest BCUT2D eigenvalue weighted by molar-refractivity contribution is 0.221. The molecule has 1 heterocycles. The van der Waals surface area contributed by atoms with E-state index in [2.05, 4.69) is 48.7 Å². The number of hydrogen-bond donors (Lipinski definition) is 1. The summed E-state index contributed by atoms with van der Waals surface area (Å²) in [7, 11) is 2.07. The lowest BCUT2D eigenvalue weighted by Gasteiger charge is -2.36. The first-order valence-electron chi connectivity index (χ1n) is 9.25. The smallest absolute Gasteiger partial charge is 0.142 e. The molecule has 1 N–H and O–H groups in total. The highest BCUT2D eigenvalue weighted by Crippen LogP contribution is 2.28. The zero-order chi connectivity index (χ0) is 18.2. The Hall–Kier alpha value is -1.85. The van der Waals surface area contributed by atoms with Crippen LogP contribution in [0.1, 0.15) is 27.2 Å². The Balaban J connectivity index is 2.34. The standard InChI is InChI=1S/C20H32N4O/c1-6-16(3)22-20(17(4)24-14-12-21-13-15-24)23(5)18-10-8-9-11-19(18)25-7-2/h8-11,17,21H,3,6-7,12-15H2,1-2,4-5H3. The van der Waals surface area contributed by atoms with E-state index < -0.39 is 0 Å². The molecule has 0 aliphatic carbocycles. The van der Waals surface area contributed by atoms with Crippen molar-refractivity contribution >= 4 is 11.5 Å². The first-order valence-corrected chi connectivity index (χ1v) is 9.25. The van der Waals surface area contributed by atoms with E-state index in [1.165, 1.54) is 0 Å². The molecule has 5 heteroatoms. The fourth-order valence-corrected chi connectivity index (χ4v) is 3.06. The van der Waals surface area contributed by atoms with E-state index in [0.29, 0.717) is 6.61 Å². The van der Waals surface area contributed by atoms with Crippen molar-refractivity contribution in [2.45, 2.75) is 33.2 Å². The summed E-state index contributed by atoms with van der Waals surface area (Å²) in [6.07, 6.45) is 0.846. The number of benzene rings is 1. The topological polar surface area (TPSA) is 40.1 Å². The number of hydrogen-bond acceptors (Lipinski definition) is 4. The molecule has 2 rings (SSSR count). The van der Waals surface area contributed by atoms with Crippen LogP contribution in [0.5, 0.6) is 5.75 Å². The predicted octanol–water partition coefficient (Wildman–Crippen LogP) is 3.14. The number of amidine groups is 1. The molecule has 1 aromatic rings. The molecule has 0 spiro atoms. The lowest BCUT2D eigenvalue weighted by atomic mass is 10.1. The highest BCUT2D eigenvalue weighted by atomic mass is 16.5. The number of allylic oxidation sites excluding steroid dienone is 1. The number of nitrogens with one attached hydrogen (secondary N) is 1. The Kier molecular flexibility index (Phi) is 7.47. The van der Waals surface area contributed by atoms with Crippen molar-refractivity contribution < 1.29 is 4.74 Å². The van der Waals surface area contributed by atoms with Gasteiger partial charge in [-0.1, -0.05) is 25.6 Å². The second kappa shape index (κ2) is 9.59. The second-order valence-corrected chi connectivity index (χ2v) is 6.31. The van der Waals surface area contributed by atoms with Crippen LogP contribution < -0.4 is 15.0 Å². The number of likely N-dealkylation sites (N-methyl/N-ethyl adjacent to an activating group) is 1. The minimum atomic E-state index is 0.213. The molecular formula is C20H32N4O. The number of ether oxygens (including phenoxy) is 1. The molecule has 1 aliphatic rings. The summed E-state index contributed by atoms with van der Waals surface area (Å²) in [5.74, 6) is 1.90. The maximum atomic E-state index is 5.82. The van der Waals surface area contributed by atoms with Crippen LogP contribution in [0.15, 0.2) is 41.5 Å². The van der Waals surface area contributed by atoms with Gasteiger partial charge < -0.3 is 15.0 Å². The van der Waals surface area contributed by atoms with Gasteiger partial charge in [-0.3, -0.25) is 4.90 Å². The van der Waals surface area contributed by atoms with Crippen LogP contribution in [-0.4, -0.2) is 56.6 Å². The summed E-state index contributed by atoms with van der Waals surface area (Å²) < 4.78 is 5.82. The van der Waals surface area contributed by atoms with Crippen LogP contribution in [0, 0.1) is 0 Å². The molecule has 1 atom stereocenters. The maximum absolute atomic E-state index is 5.82. The molecule has 1 aliphatic heterocycles. The van der Waals surface area contributed by atoms with E-state index in [1.54, 1.807) is 0 Å². The quantitative estimate of drug-likeness (QED) is 0.609. The van der Waals surface area contributed by atoms with E-state index in [0.717, 1.165) is 55.6 Å². The van der Waals surface area contributed by atoms with Crippen LogP contribution >= 0.6 is 0 Å². The van der Waals surface area contributed by atoms with Crippen molar-refractivity contribution in [1.29, 1.82) is 0 Å². The van der Waals surface area contributed by atoms with E-state index in [-0.39, 0.29) is 6.04 Å². The van der Waals surface area contributed by atoms with Crippen molar-refractivity contribution in [2.75, 3.05) is 44.7 Å². The minimum absolute atomic E-state index is 0.213. The molecule has 1 aromatic carbocycles. The zero-order valence-electron chi connectivity index (χ0n) is 16.1. The molecule has 138 valence electrons. The van der Waals surface area contributed by atoms with Gasteiger partial charge in [0, 0.05) is 38.9 Å². The molecule has 25 heavy (non-hydrogen) atoms. The molecule has 0 bridgehead atoms. The minimum Gasteiger partial charge on any atom is -0.492 e. The number of para-hydroxylation sites is 2. The summed E-state index contributed by atoms with van der Waals surface area (Å²) in [4.78, 5) is 9.50. The molecule has 0 aromatic heterocycles. The second-order valence-electron chi connectivity index (χ2n) is 6.31. The first kappa shape index (κ1) is 19.5. The predicted molar refractivity (Wildman–Crippen MR) is 107 cm³/mol. The average molecular weight is 345 g/mol. The summed E-state index contributed by atoms with van der Waals surface area (Å²) in [6.45, 7) is 15.2. The maximum Gasteiger partial charge on any atom is 0.142 e. The highest BCUT2D eigenvalue weighted by molar-refractivity contribution is 6.02. The van der Waals surface area contributed by atoms with Gasteiger partial charge in [-0.15, -0.1) is 0 Å². The number of aliphatic imine (C=N–C) groups is 1. The zero-order valence-corrected chi connectivity index (χ0v) is 16.1. The number of piperazine rings is 1.